The fourth-order valence-corrected chi connectivity index (χ4v) is 2.38. The molecule has 0 bridgehead atoms. The molecule has 1 heterocycles. The Morgan fingerprint density at radius 2 is 1.81 bits per heavy atom. The Bertz CT molecular complexity index is 767. The normalized spacial score (nSPS) is 16.0. The highest BCUT2D eigenvalue weighted by molar-refractivity contribution is 6.37. The van der Waals surface area contributed by atoms with Crippen LogP contribution in [0, 0.1) is 0 Å². The van der Waals surface area contributed by atoms with Crippen molar-refractivity contribution in [2.24, 2.45) is 4.99 Å². The van der Waals surface area contributed by atoms with Crippen molar-refractivity contribution >= 4 is 41.1 Å². The summed E-state index contributed by atoms with van der Waals surface area (Å²) >= 11 is 11.9. The van der Waals surface area contributed by atoms with Crippen molar-refractivity contribution in [3.63, 3.8) is 0 Å². The highest BCUT2D eigenvalue weighted by Gasteiger charge is 2.25. The van der Waals surface area contributed by atoms with Gasteiger partial charge in [0.05, 0.1) is 10.6 Å². The fourth-order valence-electron chi connectivity index (χ4n) is 1.89. The van der Waals surface area contributed by atoms with Gasteiger partial charge in [-0.2, -0.15) is 0 Å². The number of cyclic esters (lactones) is 1. The Labute approximate surface area is 131 Å². The fraction of sp³-hybridized carbons (Fsp3) is 0. The van der Waals surface area contributed by atoms with Gasteiger partial charge in [0.1, 0.15) is 0 Å². The summed E-state index contributed by atoms with van der Waals surface area (Å²) < 4.78 is 5.17. The zero-order chi connectivity index (χ0) is 14.8. The average Bonchev–Trinajstić information content (AvgIpc) is 2.81. The third kappa shape index (κ3) is 2.99. The highest BCUT2D eigenvalue weighted by Crippen LogP contribution is 2.26. The molecule has 21 heavy (non-hydrogen) atoms. The summed E-state index contributed by atoms with van der Waals surface area (Å²) in [4.78, 5) is 16.1. The molecule has 0 N–H and O–H groups in total. The SMILES string of the molecule is O=C1OC(c2ccc(Cl)cc2Cl)=N/C1=C\c1ccccc1. The van der Waals surface area contributed by atoms with E-state index in [1.54, 1.807) is 24.3 Å². The number of hydrogen-bond donors (Lipinski definition) is 0. The molecular formula is C16H9Cl2NO2. The minimum Gasteiger partial charge on any atom is -0.402 e. The molecule has 0 spiro atoms. The maximum Gasteiger partial charge on any atom is 0.363 e. The number of ether oxygens (including phenoxy) is 1. The van der Waals surface area contributed by atoms with E-state index >= 15 is 0 Å². The van der Waals surface area contributed by atoms with Gasteiger partial charge in [0.15, 0.2) is 5.70 Å². The Balaban J connectivity index is 1.97. The van der Waals surface area contributed by atoms with Crippen LogP contribution >= 0.6 is 23.2 Å². The lowest BCUT2D eigenvalue weighted by Gasteiger charge is -2.02. The number of benzene rings is 2. The predicted molar refractivity (Wildman–Crippen MR) is 83.5 cm³/mol. The Morgan fingerprint density at radius 1 is 1.05 bits per heavy atom. The zero-order valence-electron chi connectivity index (χ0n) is 10.7. The molecule has 1 aliphatic rings. The van der Waals surface area contributed by atoms with E-state index in [-0.39, 0.29) is 11.6 Å². The van der Waals surface area contributed by atoms with Crippen molar-refractivity contribution in [2.45, 2.75) is 0 Å². The number of hydrogen-bond acceptors (Lipinski definition) is 3. The molecule has 0 saturated carbocycles. The van der Waals surface area contributed by atoms with Crippen LogP contribution in [0.4, 0.5) is 0 Å². The van der Waals surface area contributed by atoms with Gasteiger partial charge in [0, 0.05) is 5.02 Å². The van der Waals surface area contributed by atoms with Crippen molar-refractivity contribution < 1.29 is 9.53 Å². The van der Waals surface area contributed by atoms with E-state index < -0.39 is 5.97 Å². The summed E-state index contributed by atoms with van der Waals surface area (Å²) in [5.41, 5.74) is 1.64. The molecule has 1 aliphatic heterocycles. The van der Waals surface area contributed by atoms with Gasteiger partial charge >= 0.3 is 5.97 Å². The molecule has 3 rings (SSSR count). The summed E-state index contributed by atoms with van der Waals surface area (Å²) in [5, 5.41) is 0.892. The summed E-state index contributed by atoms with van der Waals surface area (Å²) in [6.07, 6.45) is 1.67. The minimum atomic E-state index is -0.500. The summed E-state index contributed by atoms with van der Waals surface area (Å²) in [5.74, 6) is -0.316. The molecule has 0 aromatic heterocycles. The van der Waals surface area contributed by atoms with Gasteiger partial charge in [-0.05, 0) is 29.8 Å². The van der Waals surface area contributed by atoms with Gasteiger partial charge in [0.2, 0.25) is 5.90 Å². The Morgan fingerprint density at radius 3 is 2.52 bits per heavy atom. The lowest BCUT2D eigenvalue weighted by atomic mass is 10.2. The van der Waals surface area contributed by atoms with Crippen molar-refractivity contribution in [3.8, 4) is 0 Å². The second kappa shape index (κ2) is 5.72. The first kappa shape index (κ1) is 13.9. The quantitative estimate of drug-likeness (QED) is 0.610. The zero-order valence-corrected chi connectivity index (χ0v) is 12.2. The van der Waals surface area contributed by atoms with Crippen LogP contribution in [0.5, 0.6) is 0 Å². The van der Waals surface area contributed by atoms with E-state index in [1.165, 1.54) is 0 Å². The number of rotatable bonds is 2. The van der Waals surface area contributed by atoms with Crippen LogP contribution in [0.2, 0.25) is 10.0 Å². The maximum atomic E-state index is 11.9. The summed E-state index contributed by atoms with van der Waals surface area (Å²) in [6.45, 7) is 0. The highest BCUT2D eigenvalue weighted by atomic mass is 35.5. The molecule has 0 fully saturated rings. The van der Waals surface area contributed by atoms with E-state index in [9.17, 15) is 4.79 Å². The molecule has 0 saturated heterocycles. The Kier molecular flexibility index (Phi) is 3.78. The van der Waals surface area contributed by atoms with Crippen LogP contribution in [-0.4, -0.2) is 11.9 Å². The van der Waals surface area contributed by atoms with Crippen LogP contribution in [0.25, 0.3) is 6.08 Å². The number of aliphatic imine (C=N–C) groups is 1. The summed E-state index contributed by atoms with van der Waals surface area (Å²) in [7, 11) is 0. The number of halogens is 2. The number of nitrogens with zero attached hydrogens (tertiary/aromatic N) is 1. The van der Waals surface area contributed by atoms with E-state index in [2.05, 4.69) is 4.99 Å². The van der Waals surface area contributed by atoms with E-state index in [4.69, 9.17) is 27.9 Å². The van der Waals surface area contributed by atoms with Gasteiger partial charge < -0.3 is 4.74 Å². The molecule has 0 radical (unpaired) electrons. The maximum absolute atomic E-state index is 11.9. The van der Waals surface area contributed by atoms with Gasteiger partial charge in [-0.1, -0.05) is 53.5 Å². The van der Waals surface area contributed by atoms with Crippen LogP contribution < -0.4 is 0 Å². The first-order valence-electron chi connectivity index (χ1n) is 6.16. The van der Waals surface area contributed by atoms with Crippen molar-refractivity contribution in [3.05, 3.63) is 75.4 Å². The molecule has 0 aliphatic carbocycles. The largest absolute Gasteiger partial charge is 0.402 e. The molecule has 3 nitrogen and oxygen atoms in total. The molecule has 2 aromatic carbocycles. The molecule has 0 unspecified atom stereocenters. The van der Waals surface area contributed by atoms with Gasteiger partial charge in [0.25, 0.3) is 0 Å². The van der Waals surface area contributed by atoms with Gasteiger partial charge in [-0.15, -0.1) is 0 Å². The van der Waals surface area contributed by atoms with Crippen LogP contribution in [0.1, 0.15) is 11.1 Å². The monoisotopic (exact) mass is 317 g/mol. The van der Waals surface area contributed by atoms with Gasteiger partial charge in [-0.3, -0.25) is 0 Å². The second-order valence-corrected chi connectivity index (χ2v) is 5.21. The smallest absolute Gasteiger partial charge is 0.363 e. The third-order valence-electron chi connectivity index (χ3n) is 2.89. The third-order valence-corrected chi connectivity index (χ3v) is 3.43. The number of esters is 1. The molecular weight excluding hydrogens is 309 g/mol. The van der Waals surface area contributed by atoms with E-state index in [0.29, 0.717) is 15.6 Å². The van der Waals surface area contributed by atoms with Crippen LogP contribution in [-0.2, 0) is 9.53 Å². The molecule has 0 amide bonds. The first-order valence-corrected chi connectivity index (χ1v) is 6.92. The second-order valence-electron chi connectivity index (χ2n) is 4.37. The van der Waals surface area contributed by atoms with Crippen molar-refractivity contribution in [2.75, 3.05) is 0 Å². The van der Waals surface area contributed by atoms with E-state index in [1.807, 2.05) is 30.3 Å². The number of carbonyl (C=O) groups excluding carboxylic acids is 1. The van der Waals surface area contributed by atoms with Crippen molar-refractivity contribution in [1.82, 2.24) is 0 Å². The Hall–Kier alpha value is -2.10. The lowest BCUT2D eigenvalue weighted by molar-refractivity contribution is -0.129. The first-order chi connectivity index (χ1) is 10.1. The average molecular weight is 318 g/mol. The summed E-state index contributed by atoms with van der Waals surface area (Å²) in [6, 6.07) is 14.3. The minimum absolute atomic E-state index is 0.184. The predicted octanol–water partition coefficient (Wildman–Crippen LogP) is 4.34. The molecule has 104 valence electrons. The van der Waals surface area contributed by atoms with Gasteiger partial charge in [-0.25, -0.2) is 9.79 Å². The molecule has 5 heteroatoms. The molecule has 2 aromatic rings. The topological polar surface area (TPSA) is 38.7 Å². The molecule has 0 atom stereocenters. The standard InChI is InChI=1S/C16H9Cl2NO2/c17-11-6-7-12(13(18)9-11)15-19-14(16(20)21-15)8-10-4-2-1-3-5-10/h1-9H/b14-8-. The van der Waals surface area contributed by atoms with E-state index in [0.717, 1.165) is 5.56 Å². The van der Waals surface area contributed by atoms with Crippen molar-refractivity contribution in [1.29, 1.82) is 0 Å². The lowest BCUT2D eigenvalue weighted by Crippen LogP contribution is -2.05. The van der Waals surface area contributed by atoms with Crippen LogP contribution in [0.3, 0.4) is 0 Å². The van der Waals surface area contributed by atoms with Crippen LogP contribution in [0.15, 0.2) is 59.2 Å². The number of carbonyl (C=O) groups is 1.